The number of ether oxygens (including phenoxy) is 1. The first kappa shape index (κ1) is 15.4. The van der Waals surface area contributed by atoms with Gasteiger partial charge in [-0.05, 0) is 31.9 Å². The summed E-state index contributed by atoms with van der Waals surface area (Å²) in [5.74, 6) is 0.454. The molecule has 1 unspecified atom stereocenters. The van der Waals surface area contributed by atoms with Crippen LogP contribution in [-0.4, -0.2) is 29.1 Å². The van der Waals surface area contributed by atoms with E-state index >= 15 is 0 Å². The van der Waals surface area contributed by atoms with Crippen LogP contribution < -0.4 is 4.90 Å². The minimum atomic E-state index is -0.379. The fraction of sp³-hybridized carbons (Fsp3) is 0.375. The van der Waals surface area contributed by atoms with E-state index in [0.29, 0.717) is 17.9 Å². The predicted octanol–water partition coefficient (Wildman–Crippen LogP) is 2.93. The molecule has 0 N–H and O–H groups in total. The van der Waals surface area contributed by atoms with Crippen molar-refractivity contribution in [3.05, 3.63) is 40.0 Å². The lowest BCUT2D eigenvalue weighted by Crippen LogP contribution is -2.23. The number of hydrogen-bond acceptors (Lipinski definition) is 7. The third-order valence-corrected chi connectivity index (χ3v) is 4.66. The van der Waals surface area contributed by atoms with Crippen molar-refractivity contribution >= 4 is 23.1 Å². The number of carbonyl (C=O) groups is 1. The molecule has 118 valence electrons. The second kappa shape index (κ2) is 6.75. The van der Waals surface area contributed by atoms with E-state index in [1.807, 2.05) is 6.07 Å². The second-order valence-corrected chi connectivity index (χ2v) is 6.05. The van der Waals surface area contributed by atoms with E-state index in [1.165, 1.54) is 11.3 Å². The third-order valence-electron chi connectivity index (χ3n) is 3.72. The van der Waals surface area contributed by atoms with Gasteiger partial charge in [-0.25, -0.2) is 14.8 Å². The van der Waals surface area contributed by atoms with E-state index in [9.17, 15) is 4.79 Å². The average molecular weight is 328 g/mol. The van der Waals surface area contributed by atoms with Gasteiger partial charge < -0.3 is 9.64 Å². The molecule has 0 bridgehead atoms. The van der Waals surface area contributed by atoms with E-state index < -0.39 is 0 Å². The van der Waals surface area contributed by atoms with Crippen LogP contribution in [0.5, 0.6) is 0 Å². The number of thiazole rings is 1. The Bertz CT molecular complexity index is 735. The number of aromatic nitrogens is 2. The Balaban J connectivity index is 1.81. The molecule has 7 heteroatoms. The van der Waals surface area contributed by atoms with Gasteiger partial charge >= 0.3 is 5.97 Å². The summed E-state index contributed by atoms with van der Waals surface area (Å²) >= 11 is 1.47. The van der Waals surface area contributed by atoms with Crippen molar-refractivity contribution in [2.24, 2.45) is 0 Å². The molecule has 23 heavy (non-hydrogen) atoms. The smallest absolute Gasteiger partial charge is 0.357 e. The van der Waals surface area contributed by atoms with Crippen molar-refractivity contribution in [3.63, 3.8) is 0 Å². The Morgan fingerprint density at radius 3 is 3.13 bits per heavy atom. The van der Waals surface area contributed by atoms with E-state index in [1.54, 1.807) is 24.6 Å². The van der Waals surface area contributed by atoms with Gasteiger partial charge in [0.15, 0.2) is 5.69 Å². The van der Waals surface area contributed by atoms with Gasteiger partial charge in [-0.1, -0.05) is 0 Å². The van der Waals surface area contributed by atoms with Crippen LogP contribution in [0, 0.1) is 11.3 Å². The minimum absolute atomic E-state index is 0.114. The Kier molecular flexibility index (Phi) is 4.53. The number of carbonyl (C=O) groups excluding carboxylic acids is 1. The average Bonchev–Trinajstić information content (AvgIpc) is 3.24. The fourth-order valence-corrected chi connectivity index (χ4v) is 3.59. The standard InChI is InChI=1S/C16H16N4O2S/c1-2-22-16(21)12-10-23-15(19-12)13-4-3-7-20(13)14-6-5-11(8-17)9-18-14/h5-6,9-10,13H,2-4,7H2,1H3. The van der Waals surface area contributed by atoms with Crippen molar-refractivity contribution in [3.8, 4) is 6.07 Å². The summed E-state index contributed by atoms with van der Waals surface area (Å²) < 4.78 is 4.99. The molecule has 1 aliphatic heterocycles. The first-order valence-corrected chi connectivity index (χ1v) is 8.36. The van der Waals surface area contributed by atoms with Gasteiger partial charge in [-0.3, -0.25) is 0 Å². The van der Waals surface area contributed by atoms with E-state index in [2.05, 4.69) is 20.9 Å². The van der Waals surface area contributed by atoms with E-state index in [0.717, 1.165) is 30.2 Å². The maximum Gasteiger partial charge on any atom is 0.357 e. The molecule has 0 aliphatic carbocycles. The number of hydrogen-bond donors (Lipinski definition) is 0. The second-order valence-electron chi connectivity index (χ2n) is 5.16. The molecule has 0 radical (unpaired) electrons. The van der Waals surface area contributed by atoms with Gasteiger partial charge in [0, 0.05) is 18.1 Å². The first-order valence-electron chi connectivity index (χ1n) is 7.48. The highest BCUT2D eigenvalue weighted by molar-refractivity contribution is 7.10. The number of rotatable bonds is 4. The highest BCUT2D eigenvalue weighted by atomic mass is 32.1. The van der Waals surface area contributed by atoms with Crippen molar-refractivity contribution in [1.29, 1.82) is 5.26 Å². The van der Waals surface area contributed by atoms with Crippen molar-refractivity contribution in [1.82, 2.24) is 9.97 Å². The van der Waals surface area contributed by atoms with Crippen molar-refractivity contribution < 1.29 is 9.53 Å². The van der Waals surface area contributed by atoms with Crippen LogP contribution >= 0.6 is 11.3 Å². The van der Waals surface area contributed by atoms with Crippen LogP contribution in [0.25, 0.3) is 0 Å². The molecule has 0 amide bonds. The number of esters is 1. The number of nitriles is 1. The molecule has 0 saturated carbocycles. The molecule has 1 atom stereocenters. The SMILES string of the molecule is CCOC(=O)c1csc(C2CCCN2c2ccc(C#N)cn2)n1. The molecule has 2 aromatic heterocycles. The Morgan fingerprint density at radius 2 is 2.43 bits per heavy atom. The van der Waals surface area contributed by atoms with Gasteiger partial charge in [-0.2, -0.15) is 5.26 Å². The highest BCUT2D eigenvalue weighted by Crippen LogP contribution is 2.36. The molecule has 3 rings (SSSR count). The summed E-state index contributed by atoms with van der Waals surface area (Å²) in [4.78, 5) is 22.7. The Morgan fingerprint density at radius 1 is 1.57 bits per heavy atom. The van der Waals surface area contributed by atoms with Crippen LogP contribution in [0.1, 0.15) is 46.9 Å². The molecular formula is C16H16N4O2S. The number of anilines is 1. The molecule has 6 nitrogen and oxygen atoms in total. The predicted molar refractivity (Wildman–Crippen MR) is 86.3 cm³/mol. The van der Waals surface area contributed by atoms with Gasteiger partial charge in [0.25, 0.3) is 0 Å². The Hall–Kier alpha value is -2.46. The topological polar surface area (TPSA) is 79.1 Å². The molecule has 1 fully saturated rings. The van der Waals surface area contributed by atoms with Crippen molar-refractivity contribution in [2.45, 2.75) is 25.8 Å². The highest BCUT2D eigenvalue weighted by Gasteiger charge is 2.30. The molecular weight excluding hydrogens is 312 g/mol. The van der Waals surface area contributed by atoms with Gasteiger partial charge in [-0.15, -0.1) is 11.3 Å². The normalized spacial score (nSPS) is 17.0. The molecule has 1 saturated heterocycles. The molecule has 1 aliphatic rings. The zero-order chi connectivity index (χ0) is 16.2. The maximum atomic E-state index is 11.8. The zero-order valence-corrected chi connectivity index (χ0v) is 13.5. The summed E-state index contributed by atoms with van der Waals surface area (Å²) in [5, 5.41) is 11.5. The van der Waals surface area contributed by atoms with Crippen LogP contribution in [-0.2, 0) is 4.74 Å². The fourth-order valence-electron chi connectivity index (χ4n) is 2.66. The summed E-state index contributed by atoms with van der Waals surface area (Å²) in [5.41, 5.74) is 0.912. The molecule has 0 aromatic carbocycles. The van der Waals surface area contributed by atoms with Crippen LogP contribution in [0.2, 0.25) is 0 Å². The van der Waals surface area contributed by atoms with Gasteiger partial charge in [0.05, 0.1) is 18.2 Å². The lowest BCUT2D eigenvalue weighted by atomic mass is 10.2. The number of nitrogens with zero attached hydrogens (tertiary/aromatic N) is 4. The minimum Gasteiger partial charge on any atom is -0.461 e. The van der Waals surface area contributed by atoms with Gasteiger partial charge in [0.2, 0.25) is 0 Å². The quantitative estimate of drug-likeness (QED) is 0.803. The molecule has 2 aromatic rings. The monoisotopic (exact) mass is 328 g/mol. The Labute approximate surface area is 138 Å². The molecule has 0 spiro atoms. The lowest BCUT2D eigenvalue weighted by molar-refractivity contribution is 0.0520. The number of pyridine rings is 1. The summed E-state index contributed by atoms with van der Waals surface area (Å²) in [6.45, 7) is 3.01. The maximum absolute atomic E-state index is 11.8. The van der Waals surface area contributed by atoms with E-state index in [-0.39, 0.29) is 12.0 Å². The lowest BCUT2D eigenvalue weighted by Gasteiger charge is -2.24. The summed E-state index contributed by atoms with van der Waals surface area (Å²) in [6.07, 6.45) is 3.59. The van der Waals surface area contributed by atoms with Crippen molar-refractivity contribution in [2.75, 3.05) is 18.1 Å². The zero-order valence-electron chi connectivity index (χ0n) is 12.7. The van der Waals surface area contributed by atoms with Gasteiger partial charge in [0.1, 0.15) is 16.9 Å². The summed E-state index contributed by atoms with van der Waals surface area (Å²) in [6, 6.07) is 5.81. The van der Waals surface area contributed by atoms with E-state index in [4.69, 9.17) is 10.00 Å². The first-order chi connectivity index (χ1) is 11.2. The van der Waals surface area contributed by atoms with Crippen LogP contribution in [0.15, 0.2) is 23.7 Å². The third kappa shape index (κ3) is 3.17. The van der Waals surface area contributed by atoms with Crippen LogP contribution in [0.4, 0.5) is 5.82 Å². The largest absolute Gasteiger partial charge is 0.461 e. The van der Waals surface area contributed by atoms with Crippen LogP contribution in [0.3, 0.4) is 0 Å². The summed E-state index contributed by atoms with van der Waals surface area (Å²) in [7, 11) is 0. The molecule has 3 heterocycles.